The molecular formula is C11H24N2O2. The molecule has 0 saturated carbocycles. The summed E-state index contributed by atoms with van der Waals surface area (Å²) in [5, 5.41) is 18.1. The lowest BCUT2D eigenvalue weighted by Gasteiger charge is -2.36. The van der Waals surface area contributed by atoms with Crippen LogP contribution in [0.1, 0.15) is 13.8 Å². The first-order valence-corrected chi connectivity index (χ1v) is 5.85. The minimum absolute atomic E-state index is 0.133. The number of rotatable bonds is 5. The van der Waals surface area contributed by atoms with Crippen LogP contribution in [-0.2, 0) is 0 Å². The Bertz CT molecular complexity index is 168. The average molecular weight is 216 g/mol. The molecule has 1 unspecified atom stereocenters. The predicted molar refractivity (Wildman–Crippen MR) is 60.8 cm³/mol. The van der Waals surface area contributed by atoms with Crippen LogP contribution in [0.15, 0.2) is 0 Å². The predicted octanol–water partition coefficient (Wildman–Crippen LogP) is -0.387. The van der Waals surface area contributed by atoms with Gasteiger partial charge in [-0.3, -0.25) is 4.90 Å². The van der Waals surface area contributed by atoms with E-state index in [-0.39, 0.29) is 6.61 Å². The van der Waals surface area contributed by atoms with Crippen LogP contribution in [0.4, 0.5) is 0 Å². The van der Waals surface area contributed by atoms with Crippen LogP contribution in [-0.4, -0.2) is 72.0 Å². The summed E-state index contributed by atoms with van der Waals surface area (Å²) in [6, 6.07) is 0. The third-order valence-corrected chi connectivity index (χ3v) is 2.77. The maximum atomic E-state index is 9.32. The Hall–Kier alpha value is -0.160. The molecule has 90 valence electrons. The maximum Gasteiger partial charge on any atom is 0.0897 e. The van der Waals surface area contributed by atoms with Gasteiger partial charge in [0.15, 0.2) is 0 Å². The fraction of sp³-hybridized carbons (Fsp3) is 1.00. The van der Waals surface area contributed by atoms with Gasteiger partial charge in [-0.25, -0.2) is 0 Å². The van der Waals surface area contributed by atoms with Gasteiger partial charge in [0, 0.05) is 39.3 Å². The lowest BCUT2D eigenvalue weighted by Crippen LogP contribution is -2.49. The van der Waals surface area contributed by atoms with Crippen molar-refractivity contribution in [2.24, 2.45) is 5.92 Å². The van der Waals surface area contributed by atoms with Gasteiger partial charge in [-0.15, -0.1) is 0 Å². The summed E-state index contributed by atoms with van der Waals surface area (Å²) in [4.78, 5) is 4.68. The Morgan fingerprint density at radius 2 is 1.47 bits per heavy atom. The molecule has 0 aromatic heterocycles. The first kappa shape index (κ1) is 12.9. The molecule has 0 aliphatic carbocycles. The monoisotopic (exact) mass is 216 g/mol. The zero-order valence-electron chi connectivity index (χ0n) is 9.89. The molecule has 4 heteroatoms. The molecule has 2 N–H and O–H groups in total. The van der Waals surface area contributed by atoms with Crippen LogP contribution in [0.2, 0.25) is 0 Å². The molecule has 1 heterocycles. The minimum atomic E-state index is -0.582. The molecule has 0 spiro atoms. The van der Waals surface area contributed by atoms with Gasteiger partial charge in [-0.1, -0.05) is 13.8 Å². The average Bonchev–Trinajstić information content (AvgIpc) is 2.20. The summed E-state index contributed by atoms with van der Waals surface area (Å²) in [6.07, 6.45) is -0.582. The fourth-order valence-electron chi connectivity index (χ4n) is 2.03. The van der Waals surface area contributed by atoms with E-state index in [2.05, 4.69) is 23.6 Å². The van der Waals surface area contributed by atoms with E-state index < -0.39 is 6.10 Å². The van der Waals surface area contributed by atoms with E-state index in [1.165, 1.54) is 0 Å². The Morgan fingerprint density at radius 1 is 1.00 bits per heavy atom. The third-order valence-electron chi connectivity index (χ3n) is 2.77. The zero-order chi connectivity index (χ0) is 11.3. The van der Waals surface area contributed by atoms with Crippen molar-refractivity contribution < 1.29 is 10.2 Å². The van der Waals surface area contributed by atoms with Gasteiger partial charge in [0.1, 0.15) is 0 Å². The molecular weight excluding hydrogens is 192 g/mol. The number of aliphatic hydroxyl groups is 2. The van der Waals surface area contributed by atoms with Crippen molar-refractivity contribution in [1.82, 2.24) is 9.80 Å². The quantitative estimate of drug-likeness (QED) is 0.657. The molecule has 15 heavy (non-hydrogen) atoms. The summed E-state index contributed by atoms with van der Waals surface area (Å²) < 4.78 is 0. The van der Waals surface area contributed by atoms with Crippen LogP contribution in [0.3, 0.4) is 0 Å². The van der Waals surface area contributed by atoms with E-state index in [4.69, 9.17) is 5.11 Å². The molecule has 4 nitrogen and oxygen atoms in total. The van der Waals surface area contributed by atoms with E-state index >= 15 is 0 Å². The molecule has 0 aromatic carbocycles. The Morgan fingerprint density at radius 3 is 1.87 bits per heavy atom. The summed E-state index contributed by atoms with van der Waals surface area (Å²) in [7, 11) is 0. The highest BCUT2D eigenvalue weighted by atomic mass is 16.3. The molecule has 0 amide bonds. The van der Waals surface area contributed by atoms with Gasteiger partial charge in [-0.05, 0) is 5.92 Å². The zero-order valence-corrected chi connectivity index (χ0v) is 9.89. The van der Waals surface area contributed by atoms with Crippen molar-refractivity contribution in [3.8, 4) is 0 Å². The summed E-state index contributed by atoms with van der Waals surface area (Å²) in [6.45, 7) is 10.3. The highest BCUT2D eigenvalue weighted by molar-refractivity contribution is 4.74. The maximum absolute atomic E-state index is 9.32. The number of nitrogens with zero attached hydrogens (tertiary/aromatic N) is 2. The SMILES string of the molecule is CC(C)CN1CCN(CC(O)CO)CC1. The van der Waals surface area contributed by atoms with Gasteiger partial charge in [-0.2, -0.15) is 0 Å². The van der Waals surface area contributed by atoms with Gasteiger partial charge in [0.2, 0.25) is 0 Å². The molecule has 0 aromatic rings. The van der Waals surface area contributed by atoms with Crippen LogP contribution >= 0.6 is 0 Å². The van der Waals surface area contributed by atoms with E-state index in [9.17, 15) is 5.11 Å². The van der Waals surface area contributed by atoms with Crippen LogP contribution in [0.5, 0.6) is 0 Å². The van der Waals surface area contributed by atoms with Crippen molar-refractivity contribution in [3.05, 3.63) is 0 Å². The first-order valence-electron chi connectivity index (χ1n) is 5.85. The number of hydrogen-bond acceptors (Lipinski definition) is 4. The lowest BCUT2D eigenvalue weighted by molar-refractivity contribution is 0.0378. The number of hydrogen-bond donors (Lipinski definition) is 2. The van der Waals surface area contributed by atoms with E-state index in [1.54, 1.807) is 0 Å². The highest BCUT2D eigenvalue weighted by Gasteiger charge is 2.18. The second-order valence-corrected chi connectivity index (χ2v) is 4.83. The number of aliphatic hydroxyl groups excluding tert-OH is 2. The number of piperazine rings is 1. The molecule has 1 rings (SSSR count). The largest absolute Gasteiger partial charge is 0.394 e. The lowest BCUT2D eigenvalue weighted by atomic mass is 10.2. The van der Waals surface area contributed by atoms with Crippen molar-refractivity contribution in [2.75, 3.05) is 45.9 Å². The van der Waals surface area contributed by atoms with Crippen LogP contribution in [0.25, 0.3) is 0 Å². The molecule has 1 fully saturated rings. The molecule has 1 aliphatic heterocycles. The van der Waals surface area contributed by atoms with E-state index in [0.29, 0.717) is 6.54 Å². The standard InChI is InChI=1S/C11H24N2O2/c1-10(2)7-12-3-5-13(6-4-12)8-11(15)9-14/h10-11,14-15H,3-9H2,1-2H3. The smallest absolute Gasteiger partial charge is 0.0897 e. The second-order valence-electron chi connectivity index (χ2n) is 4.83. The van der Waals surface area contributed by atoms with Crippen molar-refractivity contribution in [3.63, 3.8) is 0 Å². The molecule has 0 bridgehead atoms. The second kappa shape index (κ2) is 6.43. The van der Waals surface area contributed by atoms with Gasteiger partial charge in [0.05, 0.1) is 12.7 Å². The number of β-amino-alcohol motifs (C(OH)–C–C–N with tert-alkyl or cyclic N) is 1. The van der Waals surface area contributed by atoms with Crippen LogP contribution < -0.4 is 0 Å². The first-order chi connectivity index (χ1) is 7.11. The molecule has 0 radical (unpaired) electrons. The topological polar surface area (TPSA) is 46.9 Å². The molecule has 1 aliphatic rings. The van der Waals surface area contributed by atoms with Crippen molar-refractivity contribution in [1.29, 1.82) is 0 Å². The van der Waals surface area contributed by atoms with Gasteiger partial charge in [0.25, 0.3) is 0 Å². The Balaban J connectivity index is 2.18. The fourth-order valence-corrected chi connectivity index (χ4v) is 2.03. The third kappa shape index (κ3) is 4.93. The van der Waals surface area contributed by atoms with E-state index in [1.807, 2.05) is 0 Å². The summed E-state index contributed by atoms with van der Waals surface area (Å²) >= 11 is 0. The van der Waals surface area contributed by atoms with Crippen molar-refractivity contribution in [2.45, 2.75) is 20.0 Å². The normalized spacial score (nSPS) is 22.2. The van der Waals surface area contributed by atoms with E-state index in [0.717, 1.165) is 38.6 Å². The van der Waals surface area contributed by atoms with Crippen molar-refractivity contribution >= 4 is 0 Å². The molecule has 1 atom stereocenters. The highest BCUT2D eigenvalue weighted by Crippen LogP contribution is 2.05. The summed E-state index contributed by atoms with van der Waals surface area (Å²) in [5.74, 6) is 0.722. The Kier molecular flexibility index (Phi) is 5.53. The van der Waals surface area contributed by atoms with Gasteiger partial charge >= 0.3 is 0 Å². The molecule has 1 saturated heterocycles. The van der Waals surface area contributed by atoms with Gasteiger partial charge < -0.3 is 15.1 Å². The minimum Gasteiger partial charge on any atom is -0.394 e. The summed E-state index contributed by atoms with van der Waals surface area (Å²) in [5.41, 5.74) is 0. The Labute approximate surface area is 92.5 Å². The van der Waals surface area contributed by atoms with Crippen LogP contribution in [0, 0.1) is 5.92 Å².